The second kappa shape index (κ2) is 8.91. The summed E-state index contributed by atoms with van der Waals surface area (Å²) in [5.41, 5.74) is 1.76. The smallest absolute Gasteiger partial charge is 0.465 e. The molecule has 3 aromatic carbocycles. The van der Waals surface area contributed by atoms with Gasteiger partial charge in [0.1, 0.15) is 11.3 Å². The Balaban J connectivity index is 2.17. The summed E-state index contributed by atoms with van der Waals surface area (Å²) >= 11 is 0. The van der Waals surface area contributed by atoms with Gasteiger partial charge in [0.15, 0.2) is 0 Å². The van der Waals surface area contributed by atoms with Crippen molar-refractivity contribution in [3.63, 3.8) is 0 Å². The number of methoxy groups -OCH3 is 2. The second-order valence-electron chi connectivity index (χ2n) is 6.34. The molecule has 0 radical (unpaired) electrons. The molecule has 0 aliphatic carbocycles. The maximum atomic E-state index is 12.8. The first-order valence-electron chi connectivity index (χ1n) is 9.00. The molecule has 8 heteroatoms. The third kappa shape index (κ3) is 4.85. The van der Waals surface area contributed by atoms with Crippen LogP contribution in [0.3, 0.4) is 0 Å². The van der Waals surface area contributed by atoms with Gasteiger partial charge in [-0.05, 0) is 40.5 Å². The summed E-state index contributed by atoms with van der Waals surface area (Å²) in [6.45, 7) is 0. The first kappa shape index (κ1) is 21.9. The number of ether oxygens (including phenoxy) is 3. The molecule has 0 spiro atoms. The number of esters is 2. The molecule has 31 heavy (non-hydrogen) atoms. The molecular weight excluding hydrogens is 413 g/mol. The number of alkyl halides is 3. The predicted octanol–water partition coefficient (Wildman–Crippen LogP) is 5.49. The van der Waals surface area contributed by atoms with Gasteiger partial charge < -0.3 is 14.2 Å². The second-order valence-corrected chi connectivity index (χ2v) is 6.34. The molecule has 0 atom stereocenters. The molecule has 3 aromatic rings. The minimum absolute atomic E-state index is 0.186. The molecule has 0 saturated heterocycles. The van der Waals surface area contributed by atoms with Crippen LogP contribution < -0.4 is 4.74 Å². The van der Waals surface area contributed by atoms with Gasteiger partial charge in [0.25, 0.3) is 0 Å². The largest absolute Gasteiger partial charge is 0.573 e. The highest BCUT2D eigenvalue weighted by molar-refractivity contribution is 6.01. The zero-order valence-corrected chi connectivity index (χ0v) is 16.5. The lowest BCUT2D eigenvalue weighted by atomic mass is 9.93. The molecule has 0 N–H and O–H groups in total. The summed E-state index contributed by atoms with van der Waals surface area (Å²) in [5, 5.41) is 0. The van der Waals surface area contributed by atoms with Gasteiger partial charge in [-0.3, -0.25) is 0 Å². The van der Waals surface area contributed by atoms with Crippen LogP contribution in [0, 0.1) is 0 Å². The number of benzene rings is 3. The van der Waals surface area contributed by atoms with Gasteiger partial charge in [-0.2, -0.15) is 0 Å². The van der Waals surface area contributed by atoms with Gasteiger partial charge in [-0.25, -0.2) is 9.59 Å². The van der Waals surface area contributed by atoms with Gasteiger partial charge in [-0.15, -0.1) is 13.2 Å². The van der Waals surface area contributed by atoms with E-state index in [1.54, 1.807) is 48.5 Å². The van der Waals surface area contributed by atoms with E-state index in [1.807, 2.05) is 0 Å². The van der Waals surface area contributed by atoms with E-state index in [0.29, 0.717) is 22.3 Å². The fourth-order valence-electron chi connectivity index (χ4n) is 3.17. The molecule has 0 unspecified atom stereocenters. The zero-order valence-electron chi connectivity index (χ0n) is 16.5. The zero-order chi connectivity index (χ0) is 22.6. The summed E-state index contributed by atoms with van der Waals surface area (Å²) in [6, 6.07) is 17.3. The monoisotopic (exact) mass is 430 g/mol. The molecule has 0 aromatic heterocycles. The Morgan fingerprint density at radius 3 is 1.97 bits per heavy atom. The molecule has 0 bridgehead atoms. The van der Waals surface area contributed by atoms with Crippen LogP contribution in [0.5, 0.6) is 5.75 Å². The van der Waals surface area contributed by atoms with E-state index in [9.17, 15) is 22.8 Å². The minimum Gasteiger partial charge on any atom is -0.465 e. The number of hydrogen-bond donors (Lipinski definition) is 0. The minimum atomic E-state index is -4.98. The van der Waals surface area contributed by atoms with Crippen molar-refractivity contribution >= 4 is 11.9 Å². The Bertz CT molecular complexity index is 1120. The summed E-state index contributed by atoms with van der Waals surface area (Å²) in [6.07, 6.45) is -4.98. The van der Waals surface area contributed by atoms with Crippen molar-refractivity contribution in [2.45, 2.75) is 6.36 Å². The molecule has 3 rings (SSSR count). The number of carbonyl (C=O) groups is 2. The molecular formula is C23H17F3O5. The van der Waals surface area contributed by atoms with Crippen molar-refractivity contribution in [3.05, 3.63) is 77.9 Å². The van der Waals surface area contributed by atoms with Crippen molar-refractivity contribution in [1.82, 2.24) is 0 Å². The topological polar surface area (TPSA) is 61.8 Å². The van der Waals surface area contributed by atoms with Gasteiger partial charge in [0, 0.05) is 0 Å². The molecule has 0 aliphatic rings. The first-order valence-corrected chi connectivity index (χ1v) is 9.00. The van der Waals surface area contributed by atoms with Crippen molar-refractivity contribution in [1.29, 1.82) is 0 Å². The van der Waals surface area contributed by atoms with E-state index in [2.05, 4.69) is 9.47 Å². The number of hydrogen-bond acceptors (Lipinski definition) is 5. The molecule has 0 fully saturated rings. The van der Waals surface area contributed by atoms with Crippen molar-refractivity contribution in [2.75, 3.05) is 14.2 Å². The normalized spacial score (nSPS) is 11.0. The lowest BCUT2D eigenvalue weighted by Gasteiger charge is -2.16. The van der Waals surface area contributed by atoms with Crippen molar-refractivity contribution in [3.8, 4) is 28.0 Å². The highest BCUT2D eigenvalue weighted by Gasteiger charge is 2.34. The highest BCUT2D eigenvalue weighted by Crippen LogP contribution is 2.36. The Morgan fingerprint density at radius 1 is 0.742 bits per heavy atom. The number of rotatable bonds is 5. The van der Waals surface area contributed by atoms with Crippen LogP contribution in [0.25, 0.3) is 22.3 Å². The van der Waals surface area contributed by atoms with Gasteiger partial charge in [0.05, 0.1) is 19.8 Å². The maximum Gasteiger partial charge on any atom is 0.573 e. The fourth-order valence-corrected chi connectivity index (χ4v) is 3.17. The van der Waals surface area contributed by atoms with Crippen LogP contribution in [0.1, 0.15) is 20.7 Å². The third-order valence-electron chi connectivity index (χ3n) is 4.46. The van der Waals surface area contributed by atoms with Crippen LogP contribution >= 0.6 is 0 Å². The van der Waals surface area contributed by atoms with E-state index < -0.39 is 24.1 Å². The van der Waals surface area contributed by atoms with Crippen LogP contribution in [0.15, 0.2) is 66.7 Å². The lowest BCUT2D eigenvalue weighted by Crippen LogP contribution is -2.19. The summed E-state index contributed by atoms with van der Waals surface area (Å²) in [7, 11) is 2.34. The van der Waals surface area contributed by atoms with Crippen molar-refractivity contribution < 1.29 is 37.0 Å². The van der Waals surface area contributed by atoms with Crippen LogP contribution in [-0.2, 0) is 9.47 Å². The molecule has 0 heterocycles. The van der Waals surface area contributed by atoms with Gasteiger partial charge in [-0.1, -0.05) is 48.5 Å². The van der Waals surface area contributed by atoms with Crippen LogP contribution in [0.4, 0.5) is 13.2 Å². The summed E-state index contributed by atoms with van der Waals surface area (Å²) in [5.74, 6) is -2.18. The molecule has 0 amide bonds. The fraction of sp³-hybridized carbons (Fsp3) is 0.130. The Morgan fingerprint density at radius 2 is 1.32 bits per heavy atom. The van der Waals surface area contributed by atoms with Crippen molar-refractivity contribution in [2.24, 2.45) is 0 Å². The van der Waals surface area contributed by atoms with Gasteiger partial charge in [0.2, 0.25) is 0 Å². The lowest BCUT2D eigenvalue weighted by molar-refractivity contribution is -0.274. The van der Waals surface area contributed by atoms with E-state index >= 15 is 0 Å². The quantitative estimate of drug-likeness (QED) is 0.501. The molecule has 0 aliphatic heterocycles. The third-order valence-corrected chi connectivity index (χ3v) is 4.46. The van der Waals surface area contributed by atoms with E-state index in [1.165, 1.54) is 19.2 Å². The SMILES string of the molecule is COC(=O)c1ccccc1-c1cccc(-c2cccc(OC(F)(F)F)c2C(=O)OC)c1. The standard InChI is InChI=1S/C23H17F3O5/c1-29-21(27)18-10-4-3-9-16(18)14-7-5-8-15(13-14)17-11-6-12-19(31-23(24,25)26)20(17)22(28)30-2/h3-13H,1-2H3. The van der Waals surface area contributed by atoms with E-state index in [-0.39, 0.29) is 11.1 Å². The Kier molecular flexibility index (Phi) is 6.29. The summed E-state index contributed by atoms with van der Waals surface area (Å²) < 4.78 is 52.1. The van der Waals surface area contributed by atoms with Crippen LogP contribution in [0.2, 0.25) is 0 Å². The highest BCUT2D eigenvalue weighted by atomic mass is 19.4. The maximum absolute atomic E-state index is 12.8. The average molecular weight is 430 g/mol. The average Bonchev–Trinajstić information content (AvgIpc) is 2.77. The summed E-state index contributed by atoms with van der Waals surface area (Å²) in [4.78, 5) is 24.4. The Labute approximate surface area is 176 Å². The van der Waals surface area contributed by atoms with E-state index in [0.717, 1.165) is 13.2 Å². The van der Waals surface area contributed by atoms with Crippen LogP contribution in [-0.4, -0.2) is 32.5 Å². The molecule has 0 saturated carbocycles. The number of carbonyl (C=O) groups excluding carboxylic acids is 2. The van der Waals surface area contributed by atoms with E-state index in [4.69, 9.17) is 4.74 Å². The number of halogens is 3. The Hall–Kier alpha value is -3.81. The first-order chi connectivity index (χ1) is 14.7. The molecule has 5 nitrogen and oxygen atoms in total. The van der Waals surface area contributed by atoms with Gasteiger partial charge >= 0.3 is 18.3 Å². The predicted molar refractivity (Wildman–Crippen MR) is 107 cm³/mol. The molecule has 160 valence electrons.